The Labute approximate surface area is 157 Å². The van der Waals surface area contributed by atoms with Crippen molar-refractivity contribution in [3.05, 3.63) is 47.4 Å². The van der Waals surface area contributed by atoms with E-state index in [0.29, 0.717) is 24.0 Å². The Morgan fingerprint density at radius 3 is 2.33 bits per heavy atom. The van der Waals surface area contributed by atoms with Crippen LogP contribution in [0.2, 0.25) is 0 Å². The second-order valence-corrected chi connectivity index (χ2v) is 8.12. The van der Waals surface area contributed by atoms with Gasteiger partial charge >= 0.3 is 5.97 Å². The molecule has 0 bridgehead atoms. The highest BCUT2D eigenvalue weighted by molar-refractivity contribution is 6.16. The number of hydrogen-bond acceptors (Lipinski definition) is 3. The van der Waals surface area contributed by atoms with E-state index in [1.807, 2.05) is 16.5 Å². The highest BCUT2D eigenvalue weighted by Gasteiger charge is 2.31. The van der Waals surface area contributed by atoms with Crippen molar-refractivity contribution in [2.24, 2.45) is 0 Å². The number of nitrogens with zero attached hydrogens (tertiary/aromatic N) is 3. The second kappa shape index (κ2) is 6.08. The number of imidazole rings is 1. The zero-order valence-electron chi connectivity index (χ0n) is 15.8. The van der Waals surface area contributed by atoms with Crippen LogP contribution in [0.15, 0.2) is 30.5 Å². The molecule has 0 aliphatic carbocycles. The first-order valence-corrected chi connectivity index (χ1v) is 9.26. The molecule has 0 atom stereocenters. The third kappa shape index (κ3) is 2.67. The predicted molar refractivity (Wildman–Crippen MR) is 103 cm³/mol. The SMILES string of the molecule is CC(C)(C)c1ncc2c(C(=O)N3CCCC3)c(C(=O)O)c3ccccc3n12. The summed E-state index contributed by atoms with van der Waals surface area (Å²) < 4.78 is 1.95. The summed E-state index contributed by atoms with van der Waals surface area (Å²) in [6.07, 6.45) is 3.54. The standard InChI is InChI=1S/C21H23N3O3/c1-21(2,3)20-22-12-15-17(18(25)23-10-6-7-11-23)16(19(26)27)13-8-4-5-9-14(13)24(15)20/h4-5,8-9,12H,6-7,10-11H2,1-3H3,(H,26,27). The number of benzene rings is 1. The molecule has 0 saturated carbocycles. The lowest BCUT2D eigenvalue weighted by atomic mass is 9.95. The van der Waals surface area contributed by atoms with E-state index in [4.69, 9.17) is 0 Å². The number of carboxylic acid groups (broad SMARTS) is 1. The summed E-state index contributed by atoms with van der Waals surface area (Å²) in [5.74, 6) is -0.503. The molecule has 1 fully saturated rings. The fraction of sp³-hybridized carbons (Fsp3) is 0.381. The Kier molecular flexibility index (Phi) is 3.94. The summed E-state index contributed by atoms with van der Waals surface area (Å²) in [6.45, 7) is 7.51. The lowest BCUT2D eigenvalue weighted by Gasteiger charge is -2.22. The smallest absolute Gasteiger partial charge is 0.337 e. The summed E-state index contributed by atoms with van der Waals surface area (Å²) in [5, 5.41) is 10.5. The molecule has 1 amide bonds. The molecule has 1 aliphatic heterocycles. The highest BCUT2D eigenvalue weighted by atomic mass is 16.4. The van der Waals surface area contributed by atoms with Crippen molar-refractivity contribution >= 4 is 28.3 Å². The van der Waals surface area contributed by atoms with Crippen LogP contribution in [-0.4, -0.2) is 44.4 Å². The van der Waals surface area contributed by atoms with Gasteiger partial charge in [-0.15, -0.1) is 0 Å². The Balaban J connectivity index is 2.16. The summed E-state index contributed by atoms with van der Waals surface area (Å²) in [7, 11) is 0. The van der Waals surface area contributed by atoms with Crippen LogP contribution in [0.1, 0.15) is 60.2 Å². The first-order chi connectivity index (χ1) is 12.8. The summed E-state index contributed by atoms with van der Waals surface area (Å²) in [6, 6.07) is 7.33. The van der Waals surface area contributed by atoms with Crippen molar-refractivity contribution in [3.8, 4) is 0 Å². The van der Waals surface area contributed by atoms with E-state index in [1.165, 1.54) is 0 Å². The number of para-hydroxylation sites is 1. The van der Waals surface area contributed by atoms with Crippen molar-refractivity contribution in [2.75, 3.05) is 13.1 Å². The first-order valence-electron chi connectivity index (χ1n) is 9.26. The van der Waals surface area contributed by atoms with Crippen LogP contribution in [0.5, 0.6) is 0 Å². The van der Waals surface area contributed by atoms with Gasteiger partial charge in [0.05, 0.1) is 28.4 Å². The molecule has 1 aromatic carbocycles. The number of carboxylic acids is 1. The number of amides is 1. The Bertz CT molecular complexity index is 1070. The molecule has 1 aliphatic rings. The van der Waals surface area contributed by atoms with Crippen molar-refractivity contribution in [3.63, 3.8) is 0 Å². The maximum atomic E-state index is 13.3. The van der Waals surface area contributed by atoms with Gasteiger partial charge in [-0.3, -0.25) is 9.20 Å². The monoisotopic (exact) mass is 365 g/mol. The summed E-state index contributed by atoms with van der Waals surface area (Å²) in [4.78, 5) is 31.8. The summed E-state index contributed by atoms with van der Waals surface area (Å²) >= 11 is 0. The van der Waals surface area contributed by atoms with Gasteiger partial charge < -0.3 is 10.0 Å². The zero-order valence-corrected chi connectivity index (χ0v) is 15.8. The van der Waals surface area contributed by atoms with Crippen LogP contribution >= 0.6 is 0 Å². The van der Waals surface area contributed by atoms with Crippen LogP contribution in [0.3, 0.4) is 0 Å². The molecule has 6 nitrogen and oxygen atoms in total. The lowest BCUT2D eigenvalue weighted by Crippen LogP contribution is -2.30. The zero-order chi connectivity index (χ0) is 19.3. The molecule has 0 spiro atoms. The third-order valence-electron chi connectivity index (χ3n) is 5.17. The van der Waals surface area contributed by atoms with Gasteiger partial charge in [0.1, 0.15) is 5.82 Å². The number of fused-ring (bicyclic) bond motifs is 3. The minimum absolute atomic E-state index is 0.0651. The van der Waals surface area contributed by atoms with E-state index in [9.17, 15) is 14.7 Å². The average Bonchev–Trinajstić information content (AvgIpc) is 3.28. The van der Waals surface area contributed by atoms with E-state index < -0.39 is 5.97 Å². The van der Waals surface area contributed by atoms with Gasteiger partial charge in [-0.1, -0.05) is 39.0 Å². The van der Waals surface area contributed by atoms with Crippen molar-refractivity contribution in [1.82, 2.24) is 14.3 Å². The molecule has 140 valence electrons. The Morgan fingerprint density at radius 2 is 1.70 bits per heavy atom. The van der Waals surface area contributed by atoms with Gasteiger partial charge in [-0.05, 0) is 18.9 Å². The van der Waals surface area contributed by atoms with E-state index in [-0.39, 0.29) is 22.4 Å². The largest absolute Gasteiger partial charge is 0.478 e. The average molecular weight is 365 g/mol. The maximum absolute atomic E-state index is 13.3. The van der Waals surface area contributed by atoms with E-state index >= 15 is 0 Å². The third-order valence-corrected chi connectivity index (χ3v) is 5.17. The number of carbonyl (C=O) groups excluding carboxylic acids is 1. The number of aromatic carboxylic acids is 1. The topological polar surface area (TPSA) is 74.9 Å². The number of aromatic nitrogens is 2. The quantitative estimate of drug-likeness (QED) is 0.751. The highest BCUT2D eigenvalue weighted by Crippen LogP contribution is 2.33. The number of hydrogen-bond donors (Lipinski definition) is 1. The van der Waals surface area contributed by atoms with Crippen molar-refractivity contribution < 1.29 is 14.7 Å². The van der Waals surface area contributed by atoms with E-state index in [2.05, 4.69) is 25.8 Å². The first kappa shape index (κ1) is 17.5. The minimum atomic E-state index is -1.09. The van der Waals surface area contributed by atoms with Gasteiger partial charge in [0.25, 0.3) is 5.91 Å². The Morgan fingerprint density at radius 1 is 1.04 bits per heavy atom. The molecule has 27 heavy (non-hydrogen) atoms. The van der Waals surface area contributed by atoms with Gasteiger partial charge in [0, 0.05) is 23.9 Å². The Hall–Kier alpha value is -2.89. The lowest BCUT2D eigenvalue weighted by molar-refractivity contribution is 0.0684. The van der Waals surface area contributed by atoms with Gasteiger partial charge in [-0.25, -0.2) is 9.78 Å². The van der Waals surface area contributed by atoms with Crippen LogP contribution in [0, 0.1) is 0 Å². The maximum Gasteiger partial charge on any atom is 0.337 e. The molecule has 3 heterocycles. The van der Waals surface area contributed by atoms with Crippen LogP contribution in [0.25, 0.3) is 16.4 Å². The summed E-state index contributed by atoms with van der Waals surface area (Å²) in [5.41, 5.74) is 1.37. The number of carbonyl (C=O) groups is 2. The van der Waals surface area contributed by atoms with Gasteiger partial charge in [0.2, 0.25) is 0 Å². The van der Waals surface area contributed by atoms with Crippen LogP contribution in [0.4, 0.5) is 0 Å². The molecule has 0 unspecified atom stereocenters. The second-order valence-electron chi connectivity index (χ2n) is 8.12. The number of rotatable bonds is 2. The molecule has 4 rings (SSSR count). The molecular formula is C21H23N3O3. The number of likely N-dealkylation sites (tertiary alicyclic amines) is 1. The van der Waals surface area contributed by atoms with Crippen molar-refractivity contribution in [2.45, 2.75) is 39.0 Å². The minimum Gasteiger partial charge on any atom is -0.478 e. The molecule has 2 aromatic heterocycles. The predicted octanol–water partition coefficient (Wildman–Crippen LogP) is 3.72. The molecule has 3 aromatic rings. The normalized spacial score (nSPS) is 15.0. The molecule has 0 radical (unpaired) electrons. The van der Waals surface area contributed by atoms with E-state index in [0.717, 1.165) is 24.2 Å². The fourth-order valence-electron chi connectivity index (χ4n) is 3.96. The van der Waals surface area contributed by atoms with Crippen LogP contribution in [-0.2, 0) is 5.41 Å². The fourth-order valence-corrected chi connectivity index (χ4v) is 3.96. The molecule has 1 N–H and O–H groups in total. The molecule has 6 heteroatoms. The molecule has 1 saturated heterocycles. The van der Waals surface area contributed by atoms with Crippen molar-refractivity contribution in [1.29, 1.82) is 0 Å². The van der Waals surface area contributed by atoms with Gasteiger partial charge in [0.15, 0.2) is 0 Å². The van der Waals surface area contributed by atoms with E-state index in [1.54, 1.807) is 23.2 Å². The molecular weight excluding hydrogens is 342 g/mol. The van der Waals surface area contributed by atoms with Crippen LogP contribution < -0.4 is 0 Å². The van der Waals surface area contributed by atoms with Gasteiger partial charge in [-0.2, -0.15) is 0 Å². The number of pyridine rings is 1.